The van der Waals surface area contributed by atoms with Crippen LogP contribution in [0.3, 0.4) is 0 Å². The summed E-state index contributed by atoms with van der Waals surface area (Å²) in [5.74, 6) is -0.382. The molecule has 0 fully saturated rings. The van der Waals surface area contributed by atoms with Gasteiger partial charge in [0.1, 0.15) is 0 Å². The third-order valence-corrected chi connectivity index (χ3v) is 3.63. The van der Waals surface area contributed by atoms with E-state index in [2.05, 4.69) is 22.8 Å². The molecule has 0 aliphatic carbocycles. The number of thiophene rings is 1. The predicted octanol–water partition coefficient (Wildman–Crippen LogP) is 2.18. The average Bonchev–Trinajstić information content (AvgIpc) is 2.88. The first-order valence-electron chi connectivity index (χ1n) is 5.87. The van der Waals surface area contributed by atoms with Crippen molar-refractivity contribution < 1.29 is 4.79 Å². The molecule has 0 atom stereocenters. The molecule has 0 saturated heterocycles. The van der Waals surface area contributed by atoms with E-state index in [1.165, 1.54) is 4.88 Å². The first kappa shape index (κ1) is 12.8. The molecule has 1 amide bonds. The predicted molar refractivity (Wildman–Crippen MR) is 74.7 cm³/mol. The number of carbonyl (C=O) groups excluding carboxylic acids is 1. The minimum atomic E-state index is -0.382. The number of hydrogen-bond donors (Lipinski definition) is 2. The zero-order valence-electron chi connectivity index (χ0n) is 10.1. The molecule has 0 spiro atoms. The SMILES string of the molecule is NC(=O)c1ccc(CNCCc2cccs2)cc1. The van der Waals surface area contributed by atoms with Crippen LogP contribution in [0.5, 0.6) is 0 Å². The number of primary amides is 1. The van der Waals surface area contributed by atoms with E-state index < -0.39 is 0 Å². The number of nitrogens with two attached hydrogens (primary N) is 1. The highest BCUT2D eigenvalue weighted by atomic mass is 32.1. The Morgan fingerprint density at radius 2 is 2.00 bits per heavy atom. The van der Waals surface area contributed by atoms with Crippen molar-refractivity contribution >= 4 is 17.2 Å². The molecule has 3 N–H and O–H groups in total. The zero-order chi connectivity index (χ0) is 12.8. The van der Waals surface area contributed by atoms with Crippen molar-refractivity contribution in [1.29, 1.82) is 0 Å². The number of amides is 1. The van der Waals surface area contributed by atoms with Crippen molar-refractivity contribution in [3.63, 3.8) is 0 Å². The smallest absolute Gasteiger partial charge is 0.248 e. The quantitative estimate of drug-likeness (QED) is 0.782. The number of benzene rings is 1. The Hall–Kier alpha value is -1.65. The van der Waals surface area contributed by atoms with Crippen LogP contribution in [0.25, 0.3) is 0 Å². The van der Waals surface area contributed by atoms with E-state index >= 15 is 0 Å². The number of carbonyl (C=O) groups is 1. The lowest BCUT2D eigenvalue weighted by Gasteiger charge is -2.04. The van der Waals surface area contributed by atoms with Crippen LogP contribution < -0.4 is 11.1 Å². The van der Waals surface area contributed by atoms with Gasteiger partial charge in [0.25, 0.3) is 0 Å². The summed E-state index contributed by atoms with van der Waals surface area (Å²) in [5.41, 5.74) is 6.90. The Balaban J connectivity index is 1.75. The van der Waals surface area contributed by atoms with Gasteiger partial charge >= 0.3 is 0 Å². The van der Waals surface area contributed by atoms with Crippen molar-refractivity contribution in [2.45, 2.75) is 13.0 Å². The summed E-state index contributed by atoms with van der Waals surface area (Å²) in [5, 5.41) is 5.47. The summed E-state index contributed by atoms with van der Waals surface area (Å²) in [6.45, 7) is 1.77. The molecule has 0 unspecified atom stereocenters. The van der Waals surface area contributed by atoms with Gasteiger partial charge in [-0.2, -0.15) is 0 Å². The van der Waals surface area contributed by atoms with E-state index in [4.69, 9.17) is 5.73 Å². The lowest BCUT2D eigenvalue weighted by molar-refractivity contribution is 0.100. The van der Waals surface area contributed by atoms with Crippen molar-refractivity contribution in [3.8, 4) is 0 Å². The molecule has 3 nitrogen and oxygen atoms in total. The standard InChI is InChI=1S/C14H16N2OS/c15-14(17)12-5-3-11(4-6-12)10-16-8-7-13-2-1-9-18-13/h1-6,9,16H,7-8,10H2,(H2,15,17). The lowest BCUT2D eigenvalue weighted by atomic mass is 10.1. The van der Waals surface area contributed by atoms with Gasteiger partial charge < -0.3 is 11.1 Å². The van der Waals surface area contributed by atoms with Crippen LogP contribution in [0, 0.1) is 0 Å². The van der Waals surface area contributed by atoms with Gasteiger partial charge in [0.05, 0.1) is 0 Å². The monoisotopic (exact) mass is 260 g/mol. The van der Waals surface area contributed by atoms with Gasteiger partial charge in [-0.1, -0.05) is 18.2 Å². The Morgan fingerprint density at radius 1 is 1.22 bits per heavy atom. The van der Waals surface area contributed by atoms with Crippen LogP contribution in [-0.4, -0.2) is 12.5 Å². The fourth-order valence-corrected chi connectivity index (χ4v) is 2.39. The van der Waals surface area contributed by atoms with Crippen LogP contribution in [0.15, 0.2) is 41.8 Å². The molecule has 18 heavy (non-hydrogen) atoms. The summed E-state index contributed by atoms with van der Waals surface area (Å²) in [7, 11) is 0. The second-order valence-corrected chi connectivity index (χ2v) is 5.10. The van der Waals surface area contributed by atoms with E-state index in [1.54, 1.807) is 23.5 Å². The maximum absolute atomic E-state index is 10.9. The first-order valence-corrected chi connectivity index (χ1v) is 6.75. The fraction of sp³-hybridized carbons (Fsp3) is 0.214. The molecule has 94 valence electrons. The van der Waals surface area contributed by atoms with Crippen molar-refractivity contribution in [1.82, 2.24) is 5.32 Å². The molecule has 1 aromatic carbocycles. The minimum absolute atomic E-state index is 0.382. The topological polar surface area (TPSA) is 55.1 Å². The van der Waals surface area contributed by atoms with Gasteiger partial charge in [-0.3, -0.25) is 4.79 Å². The summed E-state index contributed by atoms with van der Waals surface area (Å²) < 4.78 is 0. The second kappa shape index (κ2) is 6.33. The summed E-state index contributed by atoms with van der Waals surface area (Å²) in [6, 6.07) is 11.6. The number of nitrogens with one attached hydrogen (secondary N) is 1. The van der Waals surface area contributed by atoms with E-state index in [0.29, 0.717) is 5.56 Å². The van der Waals surface area contributed by atoms with Gasteiger partial charge in [-0.05, 0) is 35.6 Å². The molecule has 4 heteroatoms. The zero-order valence-corrected chi connectivity index (χ0v) is 10.9. The highest BCUT2D eigenvalue weighted by molar-refractivity contribution is 7.09. The van der Waals surface area contributed by atoms with Crippen LogP contribution in [0.4, 0.5) is 0 Å². The second-order valence-electron chi connectivity index (χ2n) is 4.07. The largest absolute Gasteiger partial charge is 0.366 e. The van der Waals surface area contributed by atoms with E-state index in [1.807, 2.05) is 12.1 Å². The summed E-state index contributed by atoms with van der Waals surface area (Å²) >= 11 is 1.78. The molecule has 0 aliphatic rings. The number of hydrogen-bond acceptors (Lipinski definition) is 3. The van der Waals surface area contributed by atoms with Crippen molar-refractivity contribution in [2.24, 2.45) is 5.73 Å². The van der Waals surface area contributed by atoms with Crippen molar-refractivity contribution in [2.75, 3.05) is 6.54 Å². The highest BCUT2D eigenvalue weighted by Crippen LogP contribution is 2.08. The highest BCUT2D eigenvalue weighted by Gasteiger charge is 1.99. The first-order chi connectivity index (χ1) is 8.75. The van der Waals surface area contributed by atoms with Crippen LogP contribution in [-0.2, 0) is 13.0 Å². The number of rotatable bonds is 6. The molecular weight excluding hydrogens is 244 g/mol. The van der Waals surface area contributed by atoms with Gasteiger partial charge in [0.15, 0.2) is 0 Å². The van der Waals surface area contributed by atoms with Crippen LogP contribution >= 0.6 is 11.3 Å². The molecule has 2 rings (SSSR count). The Morgan fingerprint density at radius 3 is 2.61 bits per heavy atom. The summed E-state index contributed by atoms with van der Waals surface area (Å²) in [6.07, 6.45) is 1.05. The maximum atomic E-state index is 10.9. The molecular formula is C14H16N2OS. The maximum Gasteiger partial charge on any atom is 0.248 e. The van der Waals surface area contributed by atoms with Gasteiger partial charge in [-0.25, -0.2) is 0 Å². The fourth-order valence-electron chi connectivity index (χ4n) is 1.69. The van der Waals surface area contributed by atoms with Crippen LogP contribution in [0.2, 0.25) is 0 Å². The molecule has 0 radical (unpaired) electrons. The Kier molecular flexibility index (Phi) is 4.50. The van der Waals surface area contributed by atoms with E-state index in [-0.39, 0.29) is 5.91 Å². The third-order valence-electron chi connectivity index (χ3n) is 2.70. The van der Waals surface area contributed by atoms with Gasteiger partial charge in [-0.15, -0.1) is 11.3 Å². The Bertz CT molecular complexity index is 491. The van der Waals surface area contributed by atoms with Gasteiger partial charge in [0.2, 0.25) is 5.91 Å². The molecule has 1 aromatic heterocycles. The average molecular weight is 260 g/mol. The molecule has 0 bridgehead atoms. The normalized spacial score (nSPS) is 10.4. The van der Waals surface area contributed by atoms with E-state index in [9.17, 15) is 4.79 Å². The summed E-state index contributed by atoms with van der Waals surface area (Å²) in [4.78, 5) is 12.3. The molecule has 2 aromatic rings. The van der Waals surface area contributed by atoms with Crippen molar-refractivity contribution in [3.05, 3.63) is 57.8 Å². The molecule has 0 saturated carbocycles. The third kappa shape index (κ3) is 3.68. The lowest BCUT2D eigenvalue weighted by Crippen LogP contribution is -2.16. The minimum Gasteiger partial charge on any atom is -0.366 e. The van der Waals surface area contributed by atoms with E-state index in [0.717, 1.165) is 25.1 Å². The van der Waals surface area contributed by atoms with Crippen LogP contribution in [0.1, 0.15) is 20.8 Å². The molecule has 0 aliphatic heterocycles. The molecule has 1 heterocycles. The van der Waals surface area contributed by atoms with Gasteiger partial charge in [0, 0.05) is 23.5 Å². The Labute approximate surface area is 111 Å².